The Morgan fingerprint density at radius 2 is 1.93 bits per heavy atom. The molecule has 0 aliphatic heterocycles. The number of halogens is 2. The number of benzene rings is 2. The van der Waals surface area contributed by atoms with Crippen molar-refractivity contribution < 1.29 is 13.6 Å². The van der Waals surface area contributed by atoms with Gasteiger partial charge < -0.3 is 5.32 Å². The Hall–Kier alpha value is -3.02. The van der Waals surface area contributed by atoms with Gasteiger partial charge in [0.05, 0.1) is 11.7 Å². The highest BCUT2D eigenvalue weighted by atomic mass is 19.1. The van der Waals surface area contributed by atoms with E-state index in [-0.39, 0.29) is 11.5 Å². The van der Waals surface area contributed by atoms with Gasteiger partial charge in [0.2, 0.25) is 0 Å². The third-order valence-corrected chi connectivity index (χ3v) is 4.92. The van der Waals surface area contributed by atoms with E-state index in [0.29, 0.717) is 5.69 Å². The van der Waals surface area contributed by atoms with Gasteiger partial charge in [-0.05, 0) is 56.5 Å². The van der Waals surface area contributed by atoms with E-state index in [1.165, 1.54) is 0 Å². The number of aromatic nitrogens is 2. The molecule has 0 radical (unpaired) electrons. The molecule has 27 heavy (non-hydrogen) atoms. The van der Waals surface area contributed by atoms with E-state index in [1.54, 1.807) is 6.92 Å². The fraction of sp³-hybridized carbons (Fsp3) is 0.238. The number of hydrogen-bond donors (Lipinski definition) is 1. The maximum Gasteiger partial charge on any atom is 0.272 e. The topological polar surface area (TPSA) is 46.9 Å². The lowest BCUT2D eigenvalue weighted by Crippen LogP contribution is -2.28. The second-order valence-electron chi connectivity index (χ2n) is 6.74. The average Bonchev–Trinajstić information content (AvgIpc) is 3.26. The van der Waals surface area contributed by atoms with Crippen molar-refractivity contribution in [2.75, 3.05) is 0 Å². The average molecular weight is 367 g/mol. The number of hydrogen-bond acceptors (Lipinski definition) is 2. The van der Waals surface area contributed by atoms with Crippen LogP contribution in [0.25, 0.3) is 5.69 Å². The van der Waals surface area contributed by atoms with Crippen LogP contribution in [0.5, 0.6) is 0 Å². The highest BCUT2D eigenvalue weighted by molar-refractivity contribution is 5.94. The molecule has 1 unspecified atom stereocenters. The molecule has 0 saturated heterocycles. The van der Waals surface area contributed by atoms with Gasteiger partial charge in [0, 0.05) is 16.8 Å². The minimum atomic E-state index is -0.674. The lowest BCUT2D eigenvalue weighted by atomic mass is 10.1. The summed E-state index contributed by atoms with van der Waals surface area (Å²) in [6.45, 7) is 1.63. The van der Waals surface area contributed by atoms with Crippen LogP contribution in [0.3, 0.4) is 0 Å². The number of carbonyl (C=O) groups excluding carboxylic acids is 1. The summed E-state index contributed by atoms with van der Waals surface area (Å²) in [5.41, 5.74) is 3.34. The zero-order valence-corrected chi connectivity index (χ0v) is 14.9. The molecule has 4 rings (SSSR count). The highest BCUT2D eigenvalue weighted by Crippen LogP contribution is 2.28. The van der Waals surface area contributed by atoms with Crippen molar-refractivity contribution in [1.82, 2.24) is 15.1 Å². The van der Waals surface area contributed by atoms with E-state index in [2.05, 4.69) is 10.4 Å². The normalized spacial score (nSPS) is 14.0. The first-order valence-electron chi connectivity index (χ1n) is 8.96. The summed E-state index contributed by atoms with van der Waals surface area (Å²) in [7, 11) is 0. The third-order valence-electron chi connectivity index (χ3n) is 4.92. The van der Waals surface area contributed by atoms with E-state index in [1.807, 2.05) is 35.0 Å². The van der Waals surface area contributed by atoms with Gasteiger partial charge in [0.15, 0.2) is 5.69 Å². The van der Waals surface area contributed by atoms with Gasteiger partial charge in [-0.15, -0.1) is 0 Å². The first kappa shape index (κ1) is 17.4. The molecule has 0 bridgehead atoms. The molecule has 1 atom stereocenters. The lowest BCUT2D eigenvalue weighted by molar-refractivity contribution is 0.0933. The second-order valence-corrected chi connectivity index (χ2v) is 6.74. The van der Waals surface area contributed by atoms with Gasteiger partial charge in [-0.1, -0.05) is 18.2 Å². The number of carbonyl (C=O) groups is 1. The second kappa shape index (κ2) is 6.95. The van der Waals surface area contributed by atoms with Crippen LogP contribution < -0.4 is 5.32 Å². The molecular weight excluding hydrogens is 348 g/mol. The molecule has 1 aliphatic rings. The van der Waals surface area contributed by atoms with Gasteiger partial charge in [-0.2, -0.15) is 5.10 Å². The number of nitrogens with one attached hydrogen (secondary N) is 1. The van der Waals surface area contributed by atoms with Gasteiger partial charge >= 0.3 is 0 Å². The lowest BCUT2D eigenvalue weighted by Gasteiger charge is -2.15. The zero-order valence-electron chi connectivity index (χ0n) is 14.9. The number of fused-ring (bicyclic) bond motifs is 1. The molecule has 0 spiro atoms. The van der Waals surface area contributed by atoms with Crippen LogP contribution in [0.2, 0.25) is 0 Å². The highest BCUT2D eigenvalue weighted by Gasteiger charge is 2.28. The van der Waals surface area contributed by atoms with Crippen molar-refractivity contribution in [3.05, 3.63) is 82.7 Å². The molecule has 1 N–H and O–H groups in total. The van der Waals surface area contributed by atoms with Crippen molar-refractivity contribution in [2.45, 2.75) is 32.2 Å². The van der Waals surface area contributed by atoms with Gasteiger partial charge in [0.25, 0.3) is 5.91 Å². The Balaban J connectivity index is 1.64. The third kappa shape index (κ3) is 3.23. The number of nitrogens with zero attached hydrogens (tertiary/aromatic N) is 2. The van der Waals surface area contributed by atoms with Crippen LogP contribution in [-0.2, 0) is 12.8 Å². The van der Waals surface area contributed by atoms with Crippen molar-refractivity contribution in [1.29, 1.82) is 0 Å². The summed E-state index contributed by atoms with van der Waals surface area (Å²) in [4.78, 5) is 12.8. The predicted octanol–water partition coefficient (Wildman–Crippen LogP) is 4.13. The van der Waals surface area contributed by atoms with Gasteiger partial charge in [-0.25, -0.2) is 13.5 Å². The fourth-order valence-corrected chi connectivity index (χ4v) is 3.59. The molecule has 1 amide bonds. The van der Waals surface area contributed by atoms with Crippen molar-refractivity contribution in [3.8, 4) is 5.69 Å². The fourth-order valence-electron chi connectivity index (χ4n) is 3.59. The van der Waals surface area contributed by atoms with Crippen LogP contribution >= 0.6 is 0 Å². The number of para-hydroxylation sites is 1. The molecule has 1 aromatic heterocycles. The van der Waals surface area contributed by atoms with Crippen molar-refractivity contribution >= 4 is 5.91 Å². The Labute approximate surface area is 155 Å². The minimum absolute atomic E-state index is 0.113. The smallest absolute Gasteiger partial charge is 0.272 e. The maximum atomic E-state index is 14.0. The van der Waals surface area contributed by atoms with Crippen LogP contribution in [0.4, 0.5) is 8.78 Å². The molecular formula is C21H19F2N3O. The van der Waals surface area contributed by atoms with Crippen LogP contribution in [-0.4, -0.2) is 15.7 Å². The maximum absolute atomic E-state index is 14.0. The molecule has 3 aromatic rings. The molecule has 0 fully saturated rings. The van der Waals surface area contributed by atoms with E-state index in [9.17, 15) is 13.6 Å². The molecule has 2 aromatic carbocycles. The largest absolute Gasteiger partial charge is 0.344 e. The van der Waals surface area contributed by atoms with Gasteiger partial charge in [0.1, 0.15) is 11.6 Å². The first-order valence-corrected chi connectivity index (χ1v) is 8.96. The summed E-state index contributed by atoms with van der Waals surface area (Å²) >= 11 is 0. The molecule has 0 saturated carbocycles. The summed E-state index contributed by atoms with van der Waals surface area (Å²) < 4.78 is 29.2. The zero-order chi connectivity index (χ0) is 19.0. The van der Waals surface area contributed by atoms with E-state index in [4.69, 9.17) is 0 Å². The van der Waals surface area contributed by atoms with E-state index >= 15 is 0 Å². The van der Waals surface area contributed by atoms with Crippen LogP contribution in [0.1, 0.15) is 46.7 Å². The number of amides is 1. The van der Waals surface area contributed by atoms with Crippen LogP contribution in [0.15, 0.2) is 48.5 Å². The predicted molar refractivity (Wildman–Crippen MR) is 97.8 cm³/mol. The molecule has 1 aliphatic carbocycles. The quantitative estimate of drug-likeness (QED) is 0.754. The molecule has 1 heterocycles. The molecule has 6 heteroatoms. The first-order chi connectivity index (χ1) is 13.0. The monoisotopic (exact) mass is 367 g/mol. The Morgan fingerprint density at radius 3 is 2.70 bits per heavy atom. The van der Waals surface area contributed by atoms with Crippen molar-refractivity contribution in [2.24, 2.45) is 0 Å². The Kier molecular flexibility index (Phi) is 4.48. The Morgan fingerprint density at radius 1 is 1.15 bits per heavy atom. The molecule has 4 nitrogen and oxygen atoms in total. The van der Waals surface area contributed by atoms with Crippen molar-refractivity contribution in [3.63, 3.8) is 0 Å². The summed E-state index contributed by atoms with van der Waals surface area (Å²) in [6.07, 6.45) is 2.61. The van der Waals surface area contributed by atoms with E-state index in [0.717, 1.165) is 54.4 Å². The SMILES string of the molecule is CC(NC(=O)c1nn(-c2ccccc2)c2c1CCC2)c1cc(F)ccc1F. The van der Waals surface area contributed by atoms with Gasteiger partial charge in [-0.3, -0.25) is 4.79 Å². The minimum Gasteiger partial charge on any atom is -0.344 e. The summed E-state index contributed by atoms with van der Waals surface area (Å²) in [5, 5.41) is 7.28. The standard InChI is InChI=1S/C21H19F2N3O/c1-13(17-12-14(22)10-11-18(17)23)24-21(27)20-16-8-5-9-19(16)26(25-20)15-6-3-2-4-7-15/h2-4,6-7,10-13H,5,8-9H2,1H3,(H,24,27). The molecule has 138 valence electrons. The Bertz CT molecular complexity index is 998. The summed E-state index contributed by atoms with van der Waals surface area (Å²) in [5.74, 6) is -1.47. The summed E-state index contributed by atoms with van der Waals surface area (Å²) in [6, 6.07) is 12.2. The number of rotatable bonds is 4. The van der Waals surface area contributed by atoms with E-state index < -0.39 is 17.7 Å². The van der Waals surface area contributed by atoms with Crippen LogP contribution in [0, 0.1) is 11.6 Å².